The summed E-state index contributed by atoms with van der Waals surface area (Å²) in [4.78, 5) is 11.7. The Morgan fingerprint density at radius 3 is 2.53 bits per heavy atom. The molecular weight excluding hydrogens is 280 g/mol. The predicted molar refractivity (Wildman–Crippen MR) is 71.3 cm³/mol. The summed E-state index contributed by atoms with van der Waals surface area (Å²) in [5.74, 6) is -0.668. The Labute approximate surface area is 110 Å². The number of aliphatic carboxylic acids is 1. The summed E-state index contributed by atoms with van der Waals surface area (Å²) in [6.45, 7) is 2.00. The van der Waals surface area contributed by atoms with Crippen molar-refractivity contribution in [1.29, 1.82) is 0 Å². The standard InChI is InChI=1S/C14H17BrO2/c1-10-5-6-11(15)9-12(10)14(13(16)17)7-3-2-4-8-14/h5-6,9H,2-4,7-8H2,1H3,(H,16,17). The quantitative estimate of drug-likeness (QED) is 0.894. The van der Waals surface area contributed by atoms with Crippen molar-refractivity contribution in [2.24, 2.45) is 0 Å². The van der Waals surface area contributed by atoms with Crippen LogP contribution in [0.5, 0.6) is 0 Å². The molecule has 1 aliphatic carbocycles. The Morgan fingerprint density at radius 1 is 1.29 bits per heavy atom. The molecule has 0 saturated heterocycles. The molecule has 0 amide bonds. The molecule has 17 heavy (non-hydrogen) atoms. The highest BCUT2D eigenvalue weighted by atomic mass is 79.9. The van der Waals surface area contributed by atoms with E-state index in [4.69, 9.17) is 0 Å². The average molecular weight is 297 g/mol. The van der Waals surface area contributed by atoms with Crippen molar-refractivity contribution in [3.8, 4) is 0 Å². The van der Waals surface area contributed by atoms with E-state index >= 15 is 0 Å². The zero-order chi connectivity index (χ0) is 12.5. The first-order chi connectivity index (χ1) is 8.06. The van der Waals surface area contributed by atoms with Crippen molar-refractivity contribution in [2.75, 3.05) is 0 Å². The number of rotatable bonds is 2. The maximum atomic E-state index is 11.7. The van der Waals surface area contributed by atoms with E-state index in [1.807, 2.05) is 25.1 Å². The van der Waals surface area contributed by atoms with Gasteiger partial charge in [-0.15, -0.1) is 0 Å². The molecule has 1 aliphatic rings. The van der Waals surface area contributed by atoms with E-state index in [-0.39, 0.29) is 0 Å². The summed E-state index contributed by atoms with van der Waals surface area (Å²) in [7, 11) is 0. The van der Waals surface area contributed by atoms with Crippen LogP contribution in [0.15, 0.2) is 22.7 Å². The third-order valence-corrected chi connectivity index (χ3v) is 4.32. The molecule has 92 valence electrons. The van der Waals surface area contributed by atoms with E-state index in [9.17, 15) is 9.90 Å². The number of carbonyl (C=O) groups is 1. The summed E-state index contributed by atoms with van der Waals surface area (Å²) in [5.41, 5.74) is 1.41. The van der Waals surface area contributed by atoms with Gasteiger partial charge >= 0.3 is 5.97 Å². The van der Waals surface area contributed by atoms with Gasteiger partial charge in [0.2, 0.25) is 0 Å². The van der Waals surface area contributed by atoms with Crippen LogP contribution in [-0.2, 0) is 10.2 Å². The lowest BCUT2D eigenvalue weighted by molar-refractivity contribution is -0.145. The molecule has 0 atom stereocenters. The summed E-state index contributed by atoms with van der Waals surface area (Å²) in [6, 6.07) is 5.95. The molecule has 1 aromatic carbocycles. The fourth-order valence-electron chi connectivity index (χ4n) is 2.86. The number of carboxylic acid groups (broad SMARTS) is 1. The third-order valence-electron chi connectivity index (χ3n) is 3.83. The Kier molecular flexibility index (Phi) is 3.57. The first-order valence-corrected chi connectivity index (χ1v) is 6.85. The van der Waals surface area contributed by atoms with Crippen LogP contribution in [-0.4, -0.2) is 11.1 Å². The highest BCUT2D eigenvalue weighted by Crippen LogP contribution is 2.41. The SMILES string of the molecule is Cc1ccc(Br)cc1C1(C(=O)O)CCCCC1. The van der Waals surface area contributed by atoms with E-state index in [0.29, 0.717) is 0 Å². The van der Waals surface area contributed by atoms with E-state index in [0.717, 1.165) is 47.7 Å². The molecule has 1 saturated carbocycles. The van der Waals surface area contributed by atoms with Crippen LogP contribution in [0.4, 0.5) is 0 Å². The van der Waals surface area contributed by atoms with Crippen LogP contribution in [0.1, 0.15) is 43.2 Å². The molecule has 0 bridgehead atoms. The zero-order valence-corrected chi connectivity index (χ0v) is 11.6. The lowest BCUT2D eigenvalue weighted by atomic mass is 9.68. The molecule has 2 rings (SSSR count). The van der Waals surface area contributed by atoms with E-state index in [2.05, 4.69) is 15.9 Å². The average Bonchev–Trinajstić information content (AvgIpc) is 2.33. The summed E-state index contributed by atoms with van der Waals surface area (Å²) >= 11 is 3.44. The Hall–Kier alpha value is -0.830. The lowest BCUT2D eigenvalue weighted by Gasteiger charge is -2.34. The minimum absolute atomic E-state index is 0.661. The van der Waals surface area contributed by atoms with E-state index in [1.165, 1.54) is 0 Å². The molecule has 2 nitrogen and oxygen atoms in total. The maximum absolute atomic E-state index is 11.7. The number of hydrogen-bond acceptors (Lipinski definition) is 1. The number of aryl methyl sites for hydroxylation is 1. The van der Waals surface area contributed by atoms with Crippen LogP contribution in [0.25, 0.3) is 0 Å². The van der Waals surface area contributed by atoms with Crippen molar-refractivity contribution in [3.63, 3.8) is 0 Å². The summed E-state index contributed by atoms with van der Waals surface area (Å²) in [6.07, 6.45) is 4.71. The van der Waals surface area contributed by atoms with Crippen molar-refractivity contribution in [3.05, 3.63) is 33.8 Å². The van der Waals surface area contributed by atoms with Gasteiger partial charge in [-0.1, -0.05) is 41.3 Å². The van der Waals surface area contributed by atoms with Gasteiger partial charge in [-0.05, 0) is 43.0 Å². The molecule has 0 aliphatic heterocycles. The first-order valence-electron chi connectivity index (χ1n) is 6.06. The fraction of sp³-hybridized carbons (Fsp3) is 0.500. The summed E-state index contributed by atoms with van der Waals surface area (Å²) < 4.78 is 0.962. The molecule has 1 N–H and O–H groups in total. The smallest absolute Gasteiger partial charge is 0.314 e. The molecule has 0 radical (unpaired) electrons. The van der Waals surface area contributed by atoms with Gasteiger partial charge in [-0.3, -0.25) is 4.79 Å². The van der Waals surface area contributed by atoms with E-state index in [1.54, 1.807) is 0 Å². The lowest BCUT2D eigenvalue weighted by Crippen LogP contribution is -2.38. The Bertz CT molecular complexity index is 434. The minimum Gasteiger partial charge on any atom is -0.481 e. The second kappa shape index (κ2) is 4.81. The number of benzene rings is 1. The Morgan fingerprint density at radius 2 is 1.94 bits per heavy atom. The molecule has 1 fully saturated rings. The zero-order valence-electron chi connectivity index (χ0n) is 10.0. The minimum atomic E-state index is -0.668. The molecule has 1 aromatic rings. The van der Waals surface area contributed by atoms with Crippen molar-refractivity contribution in [1.82, 2.24) is 0 Å². The highest BCUT2D eigenvalue weighted by Gasteiger charge is 2.42. The highest BCUT2D eigenvalue weighted by molar-refractivity contribution is 9.10. The Balaban J connectivity index is 2.52. The van der Waals surface area contributed by atoms with Crippen LogP contribution >= 0.6 is 15.9 Å². The largest absolute Gasteiger partial charge is 0.481 e. The predicted octanol–water partition coefficient (Wildman–Crippen LogP) is 4.04. The van der Waals surface area contributed by atoms with Gasteiger partial charge in [0.25, 0.3) is 0 Å². The van der Waals surface area contributed by atoms with Gasteiger partial charge in [0.15, 0.2) is 0 Å². The topological polar surface area (TPSA) is 37.3 Å². The molecule has 0 spiro atoms. The number of hydrogen-bond donors (Lipinski definition) is 1. The fourth-order valence-corrected chi connectivity index (χ4v) is 3.22. The van der Waals surface area contributed by atoms with Crippen LogP contribution < -0.4 is 0 Å². The van der Waals surface area contributed by atoms with Crippen molar-refractivity contribution < 1.29 is 9.90 Å². The van der Waals surface area contributed by atoms with E-state index < -0.39 is 11.4 Å². The monoisotopic (exact) mass is 296 g/mol. The number of halogens is 1. The molecular formula is C14H17BrO2. The van der Waals surface area contributed by atoms with Crippen molar-refractivity contribution in [2.45, 2.75) is 44.4 Å². The molecule has 0 aromatic heterocycles. The van der Waals surface area contributed by atoms with Gasteiger partial charge in [0.1, 0.15) is 0 Å². The van der Waals surface area contributed by atoms with Crippen LogP contribution in [0.3, 0.4) is 0 Å². The molecule has 3 heteroatoms. The van der Waals surface area contributed by atoms with Crippen molar-refractivity contribution >= 4 is 21.9 Å². The second-order valence-corrected chi connectivity index (χ2v) is 5.82. The molecule has 0 heterocycles. The van der Waals surface area contributed by atoms with Gasteiger partial charge in [0, 0.05) is 4.47 Å². The van der Waals surface area contributed by atoms with Gasteiger partial charge in [-0.25, -0.2) is 0 Å². The summed E-state index contributed by atoms with van der Waals surface area (Å²) in [5, 5.41) is 9.64. The van der Waals surface area contributed by atoms with Crippen LogP contribution in [0.2, 0.25) is 0 Å². The van der Waals surface area contributed by atoms with Crippen LogP contribution in [0, 0.1) is 6.92 Å². The number of carboxylic acids is 1. The van der Waals surface area contributed by atoms with Gasteiger partial charge in [0.05, 0.1) is 5.41 Å². The first kappa shape index (κ1) is 12.6. The van der Waals surface area contributed by atoms with Gasteiger partial charge in [-0.2, -0.15) is 0 Å². The second-order valence-electron chi connectivity index (χ2n) is 4.91. The molecule has 0 unspecified atom stereocenters. The normalized spacial score (nSPS) is 18.9. The maximum Gasteiger partial charge on any atom is 0.314 e. The third kappa shape index (κ3) is 2.25. The van der Waals surface area contributed by atoms with Gasteiger partial charge < -0.3 is 5.11 Å².